The Morgan fingerprint density at radius 2 is 1.55 bits per heavy atom. The van der Waals surface area contributed by atoms with Crippen LogP contribution in [0.5, 0.6) is 0 Å². The molecule has 5 nitrogen and oxygen atoms in total. The molecular weight excluding hydrogens is 250 g/mol. The summed E-state index contributed by atoms with van der Waals surface area (Å²) in [6.07, 6.45) is 2.84. The fourth-order valence-electron chi connectivity index (χ4n) is 1.81. The number of nitriles is 1. The van der Waals surface area contributed by atoms with E-state index in [1.807, 2.05) is 60.7 Å². The second-order valence-corrected chi connectivity index (χ2v) is 3.82. The van der Waals surface area contributed by atoms with Gasteiger partial charge >= 0.3 is 6.21 Å². The van der Waals surface area contributed by atoms with Crippen molar-refractivity contribution in [1.29, 1.82) is 5.26 Å². The van der Waals surface area contributed by atoms with Crippen molar-refractivity contribution in [2.24, 2.45) is 4.99 Å². The maximum atomic E-state index is 8.80. The molecule has 0 amide bonds. The van der Waals surface area contributed by atoms with Gasteiger partial charge in [0.05, 0.1) is 0 Å². The number of rotatable bonds is 3. The molecule has 0 radical (unpaired) electrons. The highest BCUT2D eigenvalue weighted by atomic mass is 15.2. The van der Waals surface area contributed by atoms with Crippen LogP contribution in [0, 0.1) is 11.5 Å². The molecule has 0 saturated carbocycles. The molecule has 0 saturated heterocycles. The van der Waals surface area contributed by atoms with E-state index in [-0.39, 0.29) is 5.84 Å². The Labute approximate surface area is 116 Å². The molecule has 20 heavy (non-hydrogen) atoms. The first-order valence-corrected chi connectivity index (χ1v) is 5.91. The topological polar surface area (TPSA) is 75.8 Å². The number of nitrogens with zero attached hydrogens (tertiary/aromatic N) is 5. The van der Waals surface area contributed by atoms with E-state index in [1.54, 1.807) is 11.1 Å². The van der Waals surface area contributed by atoms with E-state index in [9.17, 15) is 0 Å². The molecule has 0 N–H and O–H groups in total. The monoisotopic (exact) mass is 261 g/mol. The standard InChI is InChI=1S/C15H11N5/c16-12-18-15(11-19-17)20(13-7-3-1-4-8-13)14-9-5-2-6-10-14/h1-11H. The van der Waals surface area contributed by atoms with Crippen molar-refractivity contribution >= 4 is 23.4 Å². The SMILES string of the molecule is N#CN=C(C=[N+]=[N-])N(c1ccccc1)c1ccccc1. The summed E-state index contributed by atoms with van der Waals surface area (Å²) in [5.41, 5.74) is 10.4. The number of anilines is 2. The highest BCUT2D eigenvalue weighted by Crippen LogP contribution is 2.24. The van der Waals surface area contributed by atoms with Crippen LogP contribution in [0.3, 0.4) is 0 Å². The molecule has 2 aromatic carbocycles. The third-order valence-corrected chi connectivity index (χ3v) is 2.60. The molecule has 0 aliphatic rings. The highest BCUT2D eigenvalue weighted by Gasteiger charge is 2.17. The van der Waals surface area contributed by atoms with E-state index in [1.165, 1.54) is 0 Å². The Kier molecular flexibility index (Phi) is 4.39. The van der Waals surface area contributed by atoms with Crippen LogP contribution in [-0.4, -0.2) is 16.8 Å². The van der Waals surface area contributed by atoms with E-state index < -0.39 is 0 Å². The van der Waals surface area contributed by atoms with Crippen molar-refractivity contribution in [2.75, 3.05) is 4.90 Å². The average molecular weight is 261 g/mol. The van der Waals surface area contributed by atoms with Gasteiger partial charge in [0.2, 0.25) is 12.0 Å². The van der Waals surface area contributed by atoms with Gasteiger partial charge in [-0.2, -0.15) is 10.1 Å². The Morgan fingerprint density at radius 3 is 1.95 bits per heavy atom. The third kappa shape index (κ3) is 2.96. The van der Waals surface area contributed by atoms with Gasteiger partial charge in [0.1, 0.15) is 0 Å². The summed E-state index contributed by atoms with van der Waals surface area (Å²) in [7, 11) is 0. The lowest BCUT2D eigenvalue weighted by atomic mass is 10.2. The van der Waals surface area contributed by atoms with Crippen LogP contribution in [0.4, 0.5) is 11.4 Å². The smallest absolute Gasteiger partial charge is 0.324 e. The van der Waals surface area contributed by atoms with Crippen LogP contribution in [0.1, 0.15) is 0 Å². The predicted molar refractivity (Wildman–Crippen MR) is 77.8 cm³/mol. The summed E-state index contributed by atoms with van der Waals surface area (Å²) in [6, 6.07) is 18.8. The van der Waals surface area contributed by atoms with Gasteiger partial charge in [0.15, 0.2) is 0 Å². The molecule has 0 heterocycles. The van der Waals surface area contributed by atoms with E-state index >= 15 is 0 Å². The summed E-state index contributed by atoms with van der Waals surface area (Å²) >= 11 is 0. The lowest BCUT2D eigenvalue weighted by Crippen LogP contribution is -2.27. The van der Waals surface area contributed by atoms with Gasteiger partial charge in [-0.1, -0.05) is 36.4 Å². The molecule has 0 spiro atoms. The molecular formula is C15H11N5. The van der Waals surface area contributed by atoms with Crippen molar-refractivity contribution in [3.05, 3.63) is 66.2 Å². The fourth-order valence-corrected chi connectivity index (χ4v) is 1.81. The van der Waals surface area contributed by atoms with Gasteiger partial charge < -0.3 is 5.53 Å². The molecule has 0 bridgehead atoms. The molecule has 0 fully saturated rings. The van der Waals surface area contributed by atoms with Crippen molar-refractivity contribution in [1.82, 2.24) is 0 Å². The Hall–Kier alpha value is -3.22. The maximum absolute atomic E-state index is 8.80. The molecule has 5 heteroatoms. The fraction of sp³-hybridized carbons (Fsp3) is 0. The van der Waals surface area contributed by atoms with Crippen LogP contribution in [0.2, 0.25) is 0 Å². The predicted octanol–water partition coefficient (Wildman–Crippen LogP) is 3.00. The molecule has 0 atom stereocenters. The minimum Gasteiger partial charge on any atom is -0.361 e. The second kappa shape index (κ2) is 6.64. The van der Waals surface area contributed by atoms with E-state index in [4.69, 9.17) is 10.8 Å². The molecule has 0 aromatic heterocycles. The largest absolute Gasteiger partial charge is 0.361 e. The van der Waals surface area contributed by atoms with Gasteiger partial charge in [-0.3, -0.25) is 4.90 Å². The number of hydrogen-bond donors (Lipinski definition) is 0. The zero-order valence-electron chi connectivity index (χ0n) is 10.6. The molecule has 0 aliphatic carbocycles. The first kappa shape index (κ1) is 13.2. The molecule has 0 aliphatic heterocycles. The Bertz CT molecular complexity index is 640. The van der Waals surface area contributed by atoms with Gasteiger partial charge in [0.25, 0.3) is 0 Å². The molecule has 2 rings (SSSR count). The maximum Gasteiger partial charge on any atom is 0.324 e. The quantitative estimate of drug-likeness (QED) is 0.280. The highest BCUT2D eigenvalue weighted by molar-refractivity contribution is 6.36. The molecule has 0 unspecified atom stereocenters. The van der Waals surface area contributed by atoms with Crippen molar-refractivity contribution in [2.45, 2.75) is 0 Å². The van der Waals surface area contributed by atoms with Crippen LogP contribution in [-0.2, 0) is 0 Å². The minimum atomic E-state index is 0.229. The van der Waals surface area contributed by atoms with Gasteiger partial charge in [-0.25, -0.2) is 0 Å². The number of aliphatic imine (C=N–C) groups is 1. The van der Waals surface area contributed by atoms with Gasteiger partial charge in [-0.15, -0.1) is 4.99 Å². The van der Waals surface area contributed by atoms with Gasteiger partial charge in [0, 0.05) is 11.4 Å². The van der Waals surface area contributed by atoms with Crippen LogP contribution in [0.15, 0.2) is 65.7 Å². The zero-order valence-corrected chi connectivity index (χ0v) is 10.6. The summed E-state index contributed by atoms with van der Waals surface area (Å²) in [5, 5.41) is 8.80. The first-order valence-electron chi connectivity index (χ1n) is 5.91. The van der Waals surface area contributed by atoms with E-state index in [0.717, 1.165) is 17.6 Å². The number of amidine groups is 1. The van der Waals surface area contributed by atoms with Crippen LogP contribution >= 0.6 is 0 Å². The van der Waals surface area contributed by atoms with Crippen molar-refractivity contribution in [3.8, 4) is 6.19 Å². The second-order valence-electron chi connectivity index (χ2n) is 3.82. The molecule has 96 valence electrons. The summed E-state index contributed by atoms with van der Waals surface area (Å²) in [6.45, 7) is 0. The lowest BCUT2D eigenvalue weighted by molar-refractivity contribution is 0.00651. The summed E-state index contributed by atoms with van der Waals surface area (Å²) < 4.78 is 0. The van der Waals surface area contributed by atoms with Crippen LogP contribution < -0.4 is 4.90 Å². The Morgan fingerprint density at radius 1 is 1.05 bits per heavy atom. The van der Waals surface area contributed by atoms with E-state index in [0.29, 0.717) is 0 Å². The van der Waals surface area contributed by atoms with Gasteiger partial charge in [-0.05, 0) is 24.3 Å². The number of benzene rings is 2. The van der Waals surface area contributed by atoms with E-state index in [2.05, 4.69) is 9.78 Å². The normalized spacial score (nSPS) is 10.2. The third-order valence-electron chi connectivity index (χ3n) is 2.60. The number of hydrogen-bond acceptors (Lipinski definition) is 2. The minimum absolute atomic E-state index is 0.229. The average Bonchev–Trinajstić information content (AvgIpc) is 2.50. The zero-order chi connectivity index (χ0) is 14.2. The first-order chi connectivity index (χ1) is 9.86. The van der Waals surface area contributed by atoms with Crippen molar-refractivity contribution < 1.29 is 4.79 Å². The van der Waals surface area contributed by atoms with Crippen LogP contribution in [0.25, 0.3) is 5.53 Å². The summed E-state index contributed by atoms with van der Waals surface area (Å²) in [5.74, 6) is 0.229. The number of para-hydroxylation sites is 2. The van der Waals surface area contributed by atoms with Crippen molar-refractivity contribution in [3.63, 3.8) is 0 Å². The lowest BCUT2D eigenvalue weighted by Gasteiger charge is -2.21. The summed E-state index contributed by atoms with van der Waals surface area (Å²) in [4.78, 5) is 8.41. The molecule has 2 aromatic rings. The Balaban J connectivity index is 2.59.